The summed E-state index contributed by atoms with van der Waals surface area (Å²) in [5, 5.41) is 5.85. The van der Waals surface area contributed by atoms with Crippen LogP contribution in [0.5, 0.6) is 5.75 Å². The number of rotatable bonds is 6. The molecule has 0 bridgehead atoms. The normalized spacial score (nSPS) is 12.5. The standard InChI is InChI=1S/C11H17FN2OS/c1-13-7-15-11-4-3-8(5-9(11)12)10(6-16)14-2/h3-5,10,13-14,16H,6-7H2,1-2H3. The lowest BCUT2D eigenvalue weighted by Crippen LogP contribution is -2.18. The SMILES string of the molecule is CNCOc1ccc(C(CS)NC)cc1F. The number of nitrogens with one attached hydrogen (secondary N) is 2. The summed E-state index contributed by atoms with van der Waals surface area (Å²) < 4.78 is 18.8. The third-order valence-corrected chi connectivity index (χ3v) is 2.63. The molecule has 1 unspecified atom stereocenters. The largest absolute Gasteiger partial charge is 0.475 e. The Kier molecular flexibility index (Phi) is 5.59. The van der Waals surface area contributed by atoms with E-state index in [2.05, 4.69) is 23.3 Å². The minimum Gasteiger partial charge on any atom is -0.475 e. The summed E-state index contributed by atoms with van der Waals surface area (Å²) in [6, 6.07) is 5.00. The Morgan fingerprint density at radius 2 is 2.19 bits per heavy atom. The Morgan fingerprint density at radius 1 is 1.44 bits per heavy atom. The van der Waals surface area contributed by atoms with Gasteiger partial charge in [0, 0.05) is 11.8 Å². The molecule has 0 spiro atoms. The number of hydrogen-bond donors (Lipinski definition) is 3. The highest BCUT2D eigenvalue weighted by molar-refractivity contribution is 7.80. The minimum atomic E-state index is -0.352. The highest BCUT2D eigenvalue weighted by Gasteiger charge is 2.10. The van der Waals surface area contributed by atoms with Crippen molar-refractivity contribution < 1.29 is 9.13 Å². The molecule has 0 saturated carbocycles. The van der Waals surface area contributed by atoms with Crippen LogP contribution in [-0.2, 0) is 0 Å². The molecule has 0 amide bonds. The average Bonchev–Trinajstić information content (AvgIpc) is 2.29. The lowest BCUT2D eigenvalue weighted by Gasteiger charge is -2.15. The summed E-state index contributed by atoms with van der Waals surface area (Å²) in [6.45, 7) is 0.290. The second kappa shape index (κ2) is 6.73. The molecule has 1 aromatic carbocycles. The van der Waals surface area contributed by atoms with Crippen molar-refractivity contribution in [2.75, 3.05) is 26.6 Å². The predicted molar refractivity (Wildman–Crippen MR) is 66.6 cm³/mol. The zero-order valence-corrected chi connectivity index (χ0v) is 10.4. The van der Waals surface area contributed by atoms with Gasteiger partial charge in [-0.1, -0.05) is 6.07 Å². The van der Waals surface area contributed by atoms with E-state index in [0.717, 1.165) is 5.56 Å². The molecule has 0 saturated heterocycles. The highest BCUT2D eigenvalue weighted by Crippen LogP contribution is 2.22. The molecule has 5 heteroatoms. The third-order valence-electron chi connectivity index (χ3n) is 2.26. The first-order valence-electron chi connectivity index (χ1n) is 5.08. The quantitative estimate of drug-likeness (QED) is 0.525. The van der Waals surface area contributed by atoms with Crippen LogP contribution in [0.3, 0.4) is 0 Å². The van der Waals surface area contributed by atoms with E-state index >= 15 is 0 Å². The van der Waals surface area contributed by atoms with Crippen LogP contribution in [0.4, 0.5) is 4.39 Å². The van der Waals surface area contributed by atoms with Gasteiger partial charge < -0.3 is 10.1 Å². The fourth-order valence-corrected chi connectivity index (χ4v) is 1.76. The molecule has 3 nitrogen and oxygen atoms in total. The van der Waals surface area contributed by atoms with Crippen LogP contribution in [0, 0.1) is 5.82 Å². The zero-order chi connectivity index (χ0) is 12.0. The van der Waals surface area contributed by atoms with Crippen LogP contribution in [0.15, 0.2) is 18.2 Å². The molecule has 0 aromatic heterocycles. The second-order valence-electron chi connectivity index (χ2n) is 3.36. The van der Waals surface area contributed by atoms with Crippen LogP contribution in [0.25, 0.3) is 0 Å². The van der Waals surface area contributed by atoms with Crippen molar-refractivity contribution in [3.63, 3.8) is 0 Å². The first-order chi connectivity index (χ1) is 7.72. The highest BCUT2D eigenvalue weighted by atomic mass is 32.1. The number of hydrogen-bond acceptors (Lipinski definition) is 4. The van der Waals surface area contributed by atoms with Crippen molar-refractivity contribution in [2.24, 2.45) is 0 Å². The Morgan fingerprint density at radius 3 is 2.69 bits per heavy atom. The Bertz CT molecular complexity index is 332. The fraction of sp³-hybridized carbons (Fsp3) is 0.455. The van der Waals surface area contributed by atoms with Gasteiger partial charge in [0.2, 0.25) is 0 Å². The van der Waals surface area contributed by atoms with Crippen molar-refractivity contribution in [1.29, 1.82) is 0 Å². The molecule has 1 atom stereocenters. The maximum absolute atomic E-state index is 13.6. The average molecular weight is 244 g/mol. The molecular formula is C11H17FN2OS. The first kappa shape index (κ1) is 13.3. The number of halogens is 1. The van der Waals surface area contributed by atoms with Crippen LogP contribution >= 0.6 is 12.6 Å². The van der Waals surface area contributed by atoms with Gasteiger partial charge in [0.25, 0.3) is 0 Å². The monoisotopic (exact) mass is 244 g/mol. The van der Waals surface area contributed by atoms with Crippen molar-refractivity contribution in [2.45, 2.75) is 6.04 Å². The smallest absolute Gasteiger partial charge is 0.165 e. The van der Waals surface area contributed by atoms with Gasteiger partial charge in [0.15, 0.2) is 11.6 Å². The molecule has 90 valence electrons. The minimum absolute atomic E-state index is 0.0520. The van der Waals surface area contributed by atoms with E-state index in [1.807, 2.05) is 13.1 Å². The van der Waals surface area contributed by atoms with Gasteiger partial charge in [-0.05, 0) is 31.8 Å². The molecule has 0 aliphatic rings. The predicted octanol–water partition coefficient (Wildman–Crippen LogP) is 1.57. The topological polar surface area (TPSA) is 33.3 Å². The lowest BCUT2D eigenvalue weighted by atomic mass is 10.1. The van der Waals surface area contributed by atoms with E-state index in [-0.39, 0.29) is 24.3 Å². The zero-order valence-electron chi connectivity index (χ0n) is 9.46. The summed E-state index contributed by atoms with van der Waals surface area (Å²) in [5.74, 6) is 0.522. The third kappa shape index (κ3) is 3.37. The summed E-state index contributed by atoms with van der Waals surface area (Å²) in [4.78, 5) is 0. The van der Waals surface area contributed by atoms with Gasteiger partial charge in [-0.2, -0.15) is 12.6 Å². The van der Waals surface area contributed by atoms with Gasteiger partial charge >= 0.3 is 0 Å². The number of ether oxygens (including phenoxy) is 1. The molecule has 2 N–H and O–H groups in total. The van der Waals surface area contributed by atoms with E-state index in [1.54, 1.807) is 13.1 Å². The van der Waals surface area contributed by atoms with Gasteiger partial charge in [-0.3, -0.25) is 5.32 Å². The molecule has 0 radical (unpaired) electrons. The Labute approximate surface area is 101 Å². The number of benzene rings is 1. The van der Waals surface area contributed by atoms with E-state index < -0.39 is 0 Å². The van der Waals surface area contributed by atoms with Crippen LogP contribution in [0.1, 0.15) is 11.6 Å². The molecule has 0 heterocycles. The van der Waals surface area contributed by atoms with Crippen molar-refractivity contribution >= 4 is 12.6 Å². The molecule has 1 aromatic rings. The molecule has 0 aliphatic carbocycles. The Hall–Kier alpha value is -0.780. The van der Waals surface area contributed by atoms with Gasteiger partial charge in [-0.15, -0.1) is 0 Å². The molecule has 1 rings (SSSR count). The fourth-order valence-electron chi connectivity index (χ4n) is 1.36. The summed E-state index contributed by atoms with van der Waals surface area (Å²) >= 11 is 4.20. The van der Waals surface area contributed by atoms with Crippen molar-refractivity contribution in [3.05, 3.63) is 29.6 Å². The van der Waals surface area contributed by atoms with Crippen molar-refractivity contribution in [1.82, 2.24) is 10.6 Å². The van der Waals surface area contributed by atoms with E-state index in [1.165, 1.54) is 6.07 Å². The van der Waals surface area contributed by atoms with E-state index in [4.69, 9.17) is 4.74 Å². The summed E-state index contributed by atoms with van der Waals surface area (Å²) in [5.41, 5.74) is 0.867. The lowest BCUT2D eigenvalue weighted by molar-refractivity contribution is 0.281. The number of thiol groups is 1. The van der Waals surface area contributed by atoms with Crippen molar-refractivity contribution in [3.8, 4) is 5.75 Å². The maximum Gasteiger partial charge on any atom is 0.165 e. The van der Waals surface area contributed by atoms with Crippen LogP contribution in [0.2, 0.25) is 0 Å². The van der Waals surface area contributed by atoms with Gasteiger partial charge in [-0.25, -0.2) is 4.39 Å². The van der Waals surface area contributed by atoms with Crippen LogP contribution < -0.4 is 15.4 Å². The Balaban J connectivity index is 2.81. The second-order valence-corrected chi connectivity index (χ2v) is 3.72. The summed E-state index contributed by atoms with van der Waals surface area (Å²) in [6.07, 6.45) is 0. The van der Waals surface area contributed by atoms with Gasteiger partial charge in [0.05, 0.1) is 0 Å². The summed E-state index contributed by atoms with van der Waals surface area (Å²) in [7, 11) is 3.56. The van der Waals surface area contributed by atoms with E-state index in [9.17, 15) is 4.39 Å². The maximum atomic E-state index is 13.6. The van der Waals surface area contributed by atoms with Crippen LogP contribution in [-0.4, -0.2) is 26.6 Å². The molecule has 0 aliphatic heterocycles. The first-order valence-corrected chi connectivity index (χ1v) is 5.71. The molecule has 16 heavy (non-hydrogen) atoms. The molecule has 0 fully saturated rings. The van der Waals surface area contributed by atoms with Gasteiger partial charge in [0.1, 0.15) is 6.73 Å². The molecular weight excluding hydrogens is 227 g/mol. The van der Waals surface area contributed by atoms with E-state index in [0.29, 0.717) is 5.75 Å².